The number of aryl methyl sites for hydroxylation is 2. The van der Waals surface area contributed by atoms with E-state index in [9.17, 15) is 0 Å². The Balaban J connectivity index is 0.00000320. The Labute approximate surface area is 195 Å². The Morgan fingerprint density at radius 3 is 2.57 bits per heavy atom. The lowest BCUT2D eigenvalue weighted by atomic mass is 10.1. The van der Waals surface area contributed by atoms with Gasteiger partial charge in [-0.1, -0.05) is 49.3 Å². The van der Waals surface area contributed by atoms with E-state index in [0.717, 1.165) is 54.5 Å². The van der Waals surface area contributed by atoms with Crippen LogP contribution in [-0.4, -0.2) is 17.7 Å². The van der Waals surface area contributed by atoms with E-state index in [1.807, 2.05) is 30.3 Å². The Bertz CT molecular complexity index is 870. The highest BCUT2D eigenvalue weighted by Crippen LogP contribution is 2.17. The van der Waals surface area contributed by atoms with Crippen LogP contribution in [0.1, 0.15) is 55.2 Å². The van der Waals surface area contributed by atoms with Crippen LogP contribution in [0.3, 0.4) is 0 Å². The first-order chi connectivity index (χ1) is 14.2. The minimum atomic E-state index is 0. The van der Waals surface area contributed by atoms with Crippen LogP contribution in [0, 0.1) is 0 Å². The first-order valence-electron chi connectivity index (χ1n) is 10.3. The molecule has 1 atom stereocenters. The molecule has 2 N–H and O–H groups in total. The van der Waals surface area contributed by atoms with Gasteiger partial charge in [-0.25, -0.2) is 4.99 Å². The highest BCUT2D eigenvalue weighted by molar-refractivity contribution is 14.0. The minimum absolute atomic E-state index is 0. The molecule has 162 valence electrons. The number of aliphatic imine (C=N–C) groups is 1. The average molecular weight is 522 g/mol. The fraction of sp³-hybridized carbons (Fsp3) is 0.391. The largest absolute Gasteiger partial charge is 0.469 e. The zero-order chi connectivity index (χ0) is 20.5. The van der Waals surface area contributed by atoms with E-state index in [2.05, 4.69) is 48.7 Å². The molecule has 2 heterocycles. The summed E-state index contributed by atoms with van der Waals surface area (Å²) in [5.41, 5.74) is 3.28. The van der Waals surface area contributed by atoms with Gasteiger partial charge in [0.25, 0.3) is 0 Å². The second kappa shape index (κ2) is 12.4. The zero-order valence-corrected chi connectivity index (χ0v) is 20.2. The number of guanidine groups is 1. The van der Waals surface area contributed by atoms with Crippen molar-refractivity contribution in [3.8, 4) is 0 Å². The van der Waals surface area contributed by atoms with Gasteiger partial charge in [-0.2, -0.15) is 0 Å². The third-order valence-electron chi connectivity index (χ3n) is 4.90. The molecule has 0 amide bonds. The number of nitrogens with one attached hydrogen (secondary N) is 2. The van der Waals surface area contributed by atoms with Gasteiger partial charge in [0.2, 0.25) is 0 Å². The van der Waals surface area contributed by atoms with E-state index < -0.39 is 0 Å². The second-order valence-corrected chi connectivity index (χ2v) is 6.94. The van der Waals surface area contributed by atoms with Gasteiger partial charge >= 0.3 is 0 Å². The van der Waals surface area contributed by atoms with E-state index in [4.69, 9.17) is 13.9 Å². The molecular formula is C23H31IN4O2. The molecule has 0 radical (unpaired) electrons. The molecular weight excluding hydrogens is 491 g/mol. The molecule has 0 fully saturated rings. The Kier molecular flexibility index (Phi) is 9.93. The Morgan fingerprint density at radius 2 is 1.90 bits per heavy atom. The molecule has 3 aromatic rings. The van der Waals surface area contributed by atoms with E-state index in [0.29, 0.717) is 6.54 Å². The maximum absolute atomic E-state index is 5.48. The molecule has 7 heteroatoms. The summed E-state index contributed by atoms with van der Waals surface area (Å²) in [6, 6.07) is 14.4. The summed E-state index contributed by atoms with van der Waals surface area (Å²) in [4.78, 5) is 4.83. The van der Waals surface area contributed by atoms with Crippen LogP contribution in [0.2, 0.25) is 0 Å². The molecule has 0 spiro atoms. The summed E-state index contributed by atoms with van der Waals surface area (Å²) in [5.74, 6) is 2.63. The van der Waals surface area contributed by atoms with Gasteiger partial charge in [-0.15, -0.1) is 24.0 Å². The van der Waals surface area contributed by atoms with E-state index in [1.165, 1.54) is 5.56 Å². The number of furan rings is 1. The van der Waals surface area contributed by atoms with Crippen molar-refractivity contribution in [3.63, 3.8) is 0 Å². The van der Waals surface area contributed by atoms with Crippen molar-refractivity contribution in [3.05, 3.63) is 77.1 Å². The lowest BCUT2D eigenvalue weighted by Crippen LogP contribution is -2.39. The lowest BCUT2D eigenvalue weighted by molar-refractivity contribution is 0.380. The first kappa shape index (κ1) is 24.0. The Morgan fingerprint density at radius 1 is 1.10 bits per heavy atom. The molecule has 0 saturated carbocycles. The van der Waals surface area contributed by atoms with E-state index in [1.54, 1.807) is 6.26 Å². The quantitative estimate of drug-likeness (QED) is 0.234. The molecule has 0 saturated heterocycles. The van der Waals surface area contributed by atoms with Gasteiger partial charge in [0.05, 0.1) is 24.5 Å². The topological polar surface area (TPSA) is 75.6 Å². The normalized spacial score (nSPS) is 12.3. The molecule has 0 aliphatic heterocycles. The zero-order valence-electron chi connectivity index (χ0n) is 17.9. The van der Waals surface area contributed by atoms with Crippen LogP contribution in [0.4, 0.5) is 0 Å². The third kappa shape index (κ3) is 6.62. The van der Waals surface area contributed by atoms with Gasteiger partial charge < -0.3 is 19.6 Å². The summed E-state index contributed by atoms with van der Waals surface area (Å²) in [7, 11) is 0. The number of halogens is 1. The maximum Gasteiger partial charge on any atom is 0.192 e. The smallest absolute Gasteiger partial charge is 0.192 e. The summed E-state index contributed by atoms with van der Waals surface area (Å²) < 4.78 is 10.9. The third-order valence-corrected chi connectivity index (χ3v) is 4.90. The standard InChI is InChI=1S/C23H30N4O2.HI/c1-4-21-20(22(5-2)29-27-21)16-25-23(24-14-13-19-12-9-15-28-19)26-17(3)18-10-7-6-8-11-18;/h6-12,15,17H,4-5,13-14,16H2,1-3H3,(H2,24,25,26);1H. The van der Waals surface area contributed by atoms with Crippen molar-refractivity contribution < 1.29 is 8.94 Å². The summed E-state index contributed by atoms with van der Waals surface area (Å²) in [6.45, 7) is 7.56. The SMILES string of the molecule is CCc1noc(CC)c1CN=C(NCCc1ccco1)NC(C)c1ccccc1.I. The van der Waals surface area contributed by atoms with Gasteiger partial charge in [-0.3, -0.25) is 0 Å². The van der Waals surface area contributed by atoms with Crippen molar-refractivity contribution in [1.29, 1.82) is 0 Å². The van der Waals surface area contributed by atoms with Crippen LogP contribution in [0.25, 0.3) is 0 Å². The van der Waals surface area contributed by atoms with Crippen LogP contribution in [0.15, 0.2) is 62.7 Å². The highest BCUT2D eigenvalue weighted by atomic mass is 127. The van der Waals surface area contributed by atoms with Crippen LogP contribution in [0.5, 0.6) is 0 Å². The Hall–Kier alpha value is -2.29. The van der Waals surface area contributed by atoms with Gasteiger partial charge in [-0.05, 0) is 31.0 Å². The number of aromatic nitrogens is 1. The summed E-state index contributed by atoms with van der Waals surface area (Å²) >= 11 is 0. The fourth-order valence-electron chi connectivity index (χ4n) is 3.22. The van der Waals surface area contributed by atoms with Crippen molar-refractivity contribution in [1.82, 2.24) is 15.8 Å². The summed E-state index contributed by atoms with van der Waals surface area (Å²) in [6.07, 6.45) is 4.14. The van der Waals surface area contributed by atoms with Crippen molar-refractivity contribution >= 4 is 29.9 Å². The van der Waals surface area contributed by atoms with Crippen molar-refractivity contribution in [2.75, 3.05) is 6.54 Å². The van der Waals surface area contributed by atoms with Crippen LogP contribution < -0.4 is 10.6 Å². The number of nitrogens with zero attached hydrogens (tertiary/aromatic N) is 2. The monoisotopic (exact) mass is 522 g/mol. The molecule has 0 aliphatic rings. The first-order valence-corrected chi connectivity index (χ1v) is 10.3. The lowest BCUT2D eigenvalue weighted by Gasteiger charge is -2.18. The predicted molar refractivity (Wildman–Crippen MR) is 130 cm³/mol. The molecule has 0 bridgehead atoms. The van der Waals surface area contributed by atoms with Gasteiger partial charge in [0, 0.05) is 24.9 Å². The molecule has 3 rings (SSSR count). The average Bonchev–Trinajstić information content (AvgIpc) is 3.41. The summed E-state index contributed by atoms with van der Waals surface area (Å²) in [5, 5.41) is 11.1. The number of hydrogen-bond donors (Lipinski definition) is 2. The van der Waals surface area contributed by atoms with Gasteiger partial charge in [0.1, 0.15) is 11.5 Å². The minimum Gasteiger partial charge on any atom is -0.469 e. The number of benzene rings is 1. The molecule has 1 aromatic carbocycles. The molecule has 30 heavy (non-hydrogen) atoms. The van der Waals surface area contributed by atoms with E-state index >= 15 is 0 Å². The van der Waals surface area contributed by atoms with Crippen LogP contribution >= 0.6 is 24.0 Å². The second-order valence-electron chi connectivity index (χ2n) is 6.94. The molecule has 6 nitrogen and oxygen atoms in total. The molecule has 0 aliphatic carbocycles. The van der Waals surface area contributed by atoms with E-state index in [-0.39, 0.29) is 30.0 Å². The number of hydrogen-bond acceptors (Lipinski definition) is 4. The van der Waals surface area contributed by atoms with Crippen LogP contribution in [-0.2, 0) is 25.8 Å². The predicted octanol–water partition coefficient (Wildman–Crippen LogP) is 5.05. The fourth-order valence-corrected chi connectivity index (χ4v) is 3.22. The molecule has 2 aromatic heterocycles. The highest BCUT2D eigenvalue weighted by Gasteiger charge is 2.14. The molecule has 1 unspecified atom stereocenters. The van der Waals surface area contributed by atoms with Crippen molar-refractivity contribution in [2.45, 2.75) is 52.6 Å². The van der Waals surface area contributed by atoms with Gasteiger partial charge in [0.15, 0.2) is 5.96 Å². The number of rotatable bonds is 9. The maximum atomic E-state index is 5.48. The van der Waals surface area contributed by atoms with Crippen molar-refractivity contribution in [2.24, 2.45) is 4.99 Å².